The Bertz CT molecular complexity index is 391. The first-order chi connectivity index (χ1) is 7.66. The Labute approximate surface area is 99.6 Å². The van der Waals surface area contributed by atoms with Gasteiger partial charge in [-0.15, -0.1) is 0 Å². The van der Waals surface area contributed by atoms with Gasteiger partial charge in [0.2, 0.25) is 5.91 Å². The molecule has 5 heteroatoms. The molecular weight excluding hydrogens is 226 g/mol. The van der Waals surface area contributed by atoms with Gasteiger partial charge in [0.1, 0.15) is 5.82 Å². The molecule has 4 nitrogen and oxygen atoms in total. The Morgan fingerprint density at radius 3 is 3.06 bits per heavy atom. The van der Waals surface area contributed by atoms with E-state index in [1.807, 2.05) is 12.1 Å². The zero-order chi connectivity index (χ0) is 11.5. The summed E-state index contributed by atoms with van der Waals surface area (Å²) in [5.74, 6) is 1.36. The van der Waals surface area contributed by atoms with Crippen LogP contribution in [0.25, 0.3) is 0 Å². The number of aromatic nitrogens is 1. The van der Waals surface area contributed by atoms with Crippen LogP contribution in [0.3, 0.4) is 0 Å². The highest BCUT2D eigenvalue weighted by molar-refractivity contribution is 6.32. The lowest BCUT2D eigenvalue weighted by atomic mass is 10.0. The highest BCUT2D eigenvalue weighted by atomic mass is 35.5. The topological polar surface area (TPSA) is 45.2 Å². The van der Waals surface area contributed by atoms with Crippen LogP contribution in [-0.4, -0.2) is 30.5 Å². The zero-order valence-electron chi connectivity index (χ0n) is 9.11. The van der Waals surface area contributed by atoms with Crippen molar-refractivity contribution in [2.24, 2.45) is 5.92 Å². The van der Waals surface area contributed by atoms with Gasteiger partial charge < -0.3 is 10.2 Å². The first-order valence-electron chi connectivity index (χ1n) is 5.26. The fourth-order valence-corrected chi connectivity index (χ4v) is 2.01. The second-order valence-corrected chi connectivity index (χ2v) is 4.42. The molecule has 1 aliphatic rings. The minimum atomic E-state index is 0.0225. The number of pyridine rings is 1. The lowest BCUT2D eigenvalue weighted by Gasteiger charge is -2.40. The van der Waals surface area contributed by atoms with Crippen molar-refractivity contribution in [2.45, 2.75) is 6.92 Å². The fourth-order valence-electron chi connectivity index (χ4n) is 1.77. The van der Waals surface area contributed by atoms with Crippen LogP contribution in [0.2, 0.25) is 5.02 Å². The van der Waals surface area contributed by atoms with E-state index in [9.17, 15) is 4.79 Å². The number of anilines is 1. The third kappa shape index (κ3) is 2.44. The predicted octanol–water partition coefficient (Wildman–Crippen LogP) is 1.31. The number of nitrogens with zero attached hydrogens (tertiary/aromatic N) is 2. The number of amides is 1. The number of rotatable bonds is 3. The molecule has 0 spiro atoms. The predicted molar refractivity (Wildman–Crippen MR) is 63.6 cm³/mol. The van der Waals surface area contributed by atoms with Gasteiger partial charge in [0.25, 0.3) is 0 Å². The molecule has 0 unspecified atom stereocenters. The minimum Gasteiger partial charge on any atom is -0.356 e. The van der Waals surface area contributed by atoms with Crippen molar-refractivity contribution >= 4 is 23.3 Å². The molecule has 0 bridgehead atoms. The Balaban J connectivity index is 1.84. The molecule has 0 atom stereocenters. The second kappa shape index (κ2) is 4.70. The van der Waals surface area contributed by atoms with E-state index in [0.29, 0.717) is 10.9 Å². The lowest BCUT2D eigenvalue weighted by Crippen LogP contribution is -2.51. The van der Waals surface area contributed by atoms with Crippen molar-refractivity contribution in [2.75, 3.05) is 24.5 Å². The van der Waals surface area contributed by atoms with Crippen LogP contribution in [0.4, 0.5) is 5.82 Å². The van der Waals surface area contributed by atoms with E-state index in [1.54, 1.807) is 6.20 Å². The molecule has 1 aromatic rings. The molecule has 0 radical (unpaired) electrons. The van der Waals surface area contributed by atoms with E-state index >= 15 is 0 Å². The highest BCUT2D eigenvalue weighted by Gasteiger charge is 2.28. The Morgan fingerprint density at radius 2 is 2.44 bits per heavy atom. The third-order valence-electron chi connectivity index (χ3n) is 2.64. The number of carbonyl (C=O) groups is 1. The van der Waals surface area contributed by atoms with Crippen LogP contribution in [0, 0.1) is 5.92 Å². The number of nitrogens with one attached hydrogen (secondary N) is 1. The van der Waals surface area contributed by atoms with Gasteiger partial charge in [-0.3, -0.25) is 4.79 Å². The largest absolute Gasteiger partial charge is 0.356 e. The minimum absolute atomic E-state index is 0.0225. The summed E-state index contributed by atoms with van der Waals surface area (Å²) in [5.41, 5.74) is 0. The van der Waals surface area contributed by atoms with Crippen molar-refractivity contribution < 1.29 is 4.79 Å². The average molecular weight is 240 g/mol. The number of halogens is 1. The maximum atomic E-state index is 10.7. The van der Waals surface area contributed by atoms with Crippen molar-refractivity contribution in [1.29, 1.82) is 0 Å². The summed E-state index contributed by atoms with van der Waals surface area (Å²) in [6, 6.07) is 3.66. The first kappa shape index (κ1) is 11.2. The molecule has 1 amide bonds. The van der Waals surface area contributed by atoms with Gasteiger partial charge in [-0.1, -0.05) is 11.6 Å². The first-order valence-corrected chi connectivity index (χ1v) is 5.64. The molecule has 2 rings (SSSR count). The smallest absolute Gasteiger partial charge is 0.216 e. The second-order valence-electron chi connectivity index (χ2n) is 4.02. The summed E-state index contributed by atoms with van der Waals surface area (Å²) in [6.07, 6.45) is 1.74. The van der Waals surface area contributed by atoms with Gasteiger partial charge in [0.15, 0.2) is 0 Å². The van der Waals surface area contributed by atoms with Gasteiger partial charge in [-0.05, 0) is 12.1 Å². The molecule has 0 aromatic carbocycles. The molecule has 0 aliphatic carbocycles. The van der Waals surface area contributed by atoms with Crippen LogP contribution < -0.4 is 10.2 Å². The van der Waals surface area contributed by atoms with Crippen molar-refractivity contribution in [3.05, 3.63) is 23.4 Å². The normalized spacial score (nSPS) is 15.8. The quantitative estimate of drug-likeness (QED) is 0.865. The fraction of sp³-hybridized carbons (Fsp3) is 0.455. The summed E-state index contributed by atoms with van der Waals surface area (Å²) < 4.78 is 0. The molecule has 16 heavy (non-hydrogen) atoms. The average Bonchev–Trinajstić information content (AvgIpc) is 2.17. The third-order valence-corrected chi connectivity index (χ3v) is 2.93. The van der Waals surface area contributed by atoms with Crippen molar-refractivity contribution in [3.63, 3.8) is 0 Å². The van der Waals surface area contributed by atoms with E-state index in [4.69, 9.17) is 11.6 Å². The van der Waals surface area contributed by atoms with Gasteiger partial charge >= 0.3 is 0 Å². The molecule has 2 heterocycles. The lowest BCUT2D eigenvalue weighted by molar-refractivity contribution is -0.119. The van der Waals surface area contributed by atoms with Crippen LogP contribution in [0.15, 0.2) is 18.3 Å². The Hall–Kier alpha value is -1.29. The molecule has 1 aliphatic heterocycles. The zero-order valence-corrected chi connectivity index (χ0v) is 9.87. The van der Waals surface area contributed by atoms with Crippen LogP contribution in [0.5, 0.6) is 0 Å². The molecule has 1 aromatic heterocycles. The van der Waals surface area contributed by atoms with Crippen LogP contribution in [0.1, 0.15) is 6.92 Å². The number of hydrogen-bond donors (Lipinski definition) is 1. The van der Waals surface area contributed by atoms with E-state index in [1.165, 1.54) is 6.92 Å². The van der Waals surface area contributed by atoms with Crippen LogP contribution >= 0.6 is 11.6 Å². The molecule has 1 N–H and O–H groups in total. The monoisotopic (exact) mass is 239 g/mol. The van der Waals surface area contributed by atoms with Gasteiger partial charge in [0.05, 0.1) is 5.02 Å². The molecule has 86 valence electrons. The molecule has 1 saturated heterocycles. The van der Waals surface area contributed by atoms with E-state index < -0.39 is 0 Å². The van der Waals surface area contributed by atoms with E-state index in [-0.39, 0.29) is 5.91 Å². The summed E-state index contributed by atoms with van der Waals surface area (Å²) in [6.45, 7) is 4.07. The standard InChI is InChI=1S/C11H14ClN3O/c1-8(16)14-5-9-6-15(7-9)11-10(12)3-2-4-13-11/h2-4,9H,5-7H2,1H3,(H,14,16). The van der Waals surface area contributed by atoms with Gasteiger partial charge in [0, 0.05) is 38.7 Å². The highest BCUT2D eigenvalue weighted by Crippen LogP contribution is 2.28. The summed E-state index contributed by atoms with van der Waals surface area (Å²) in [5, 5.41) is 3.50. The van der Waals surface area contributed by atoms with E-state index in [2.05, 4.69) is 15.2 Å². The molecular formula is C11H14ClN3O. The van der Waals surface area contributed by atoms with Crippen molar-refractivity contribution in [1.82, 2.24) is 10.3 Å². The maximum Gasteiger partial charge on any atom is 0.216 e. The number of hydrogen-bond acceptors (Lipinski definition) is 3. The molecule has 1 fully saturated rings. The Morgan fingerprint density at radius 1 is 1.69 bits per heavy atom. The summed E-state index contributed by atoms with van der Waals surface area (Å²) >= 11 is 6.03. The SMILES string of the molecule is CC(=O)NCC1CN(c2ncccc2Cl)C1. The maximum absolute atomic E-state index is 10.7. The van der Waals surface area contributed by atoms with Crippen molar-refractivity contribution in [3.8, 4) is 0 Å². The summed E-state index contributed by atoms with van der Waals surface area (Å²) in [4.78, 5) is 17.1. The molecule has 0 saturated carbocycles. The summed E-state index contributed by atoms with van der Waals surface area (Å²) in [7, 11) is 0. The number of carbonyl (C=O) groups excluding carboxylic acids is 1. The van der Waals surface area contributed by atoms with Gasteiger partial charge in [-0.2, -0.15) is 0 Å². The van der Waals surface area contributed by atoms with Crippen LogP contribution in [-0.2, 0) is 4.79 Å². The Kier molecular flexibility index (Phi) is 3.29. The van der Waals surface area contributed by atoms with E-state index in [0.717, 1.165) is 25.5 Å². The van der Waals surface area contributed by atoms with Gasteiger partial charge in [-0.25, -0.2) is 4.98 Å².